The third kappa shape index (κ3) is 4.38. The lowest BCUT2D eigenvalue weighted by molar-refractivity contribution is -0.115. The molecular weight excluding hydrogens is 401 g/mol. The number of para-hydroxylation sites is 1. The number of halogens is 1. The van der Waals surface area contributed by atoms with Crippen LogP contribution in [-0.4, -0.2) is 26.1 Å². The van der Waals surface area contributed by atoms with E-state index in [1.807, 2.05) is 61.5 Å². The van der Waals surface area contributed by atoms with E-state index >= 15 is 0 Å². The van der Waals surface area contributed by atoms with Crippen molar-refractivity contribution in [2.75, 3.05) is 5.32 Å². The Morgan fingerprint density at radius 2 is 1.70 bits per heavy atom. The summed E-state index contributed by atoms with van der Waals surface area (Å²) in [6, 6.07) is 22.8. The topological polar surface area (TPSA) is 72.7 Å². The van der Waals surface area contributed by atoms with Gasteiger partial charge in [0.2, 0.25) is 11.1 Å². The first-order valence-electron chi connectivity index (χ1n) is 9.24. The van der Waals surface area contributed by atoms with Crippen LogP contribution in [0.15, 0.2) is 84.0 Å². The lowest BCUT2D eigenvalue weighted by atomic mass is 10.1. The molecule has 0 radical (unpaired) electrons. The van der Waals surface area contributed by atoms with Crippen LogP contribution in [0.4, 0.5) is 10.1 Å². The van der Waals surface area contributed by atoms with E-state index in [0.29, 0.717) is 10.8 Å². The number of tetrazole rings is 1. The zero-order chi connectivity index (χ0) is 20.9. The normalized spacial score (nSPS) is 11.8. The largest absolute Gasteiger partial charge is 0.325 e. The molecule has 1 amide bonds. The van der Waals surface area contributed by atoms with Crippen LogP contribution in [0.2, 0.25) is 0 Å². The predicted octanol–water partition coefficient (Wildman–Crippen LogP) is 4.58. The fourth-order valence-corrected chi connectivity index (χ4v) is 3.94. The third-order valence-corrected chi connectivity index (χ3v) is 5.65. The van der Waals surface area contributed by atoms with Gasteiger partial charge in [0.1, 0.15) is 11.1 Å². The molecule has 1 atom stereocenters. The molecule has 0 saturated heterocycles. The molecule has 0 aliphatic carbocycles. The second-order valence-corrected chi connectivity index (χ2v) is 7.64. The molecule has 1 heterocycles. The highest BCUT2D eigenvalue weighted by atomic mass is 32.2. The van der Waals surface area contributed by atoms with Crippen molar-refractivity contribution in [2.24, 2.45) is 0 Å². The van der Waals surface area contributed by atoms with E-state index in [0.717, 1.165) is 16.8 Å². The minimum absolute atomic E-state index is 0.253. The van der Waals surface area contributed by atoms with Crippen LogP contribution in [0.3, 0.4) is 0 Å². The number of nitrogens with zero attached hydrogens (tertiary/aromatic N) is 4. The molecule has 3 aromatic carbocycles. The van der Waals surface area contributed by atoms with Crippen molar-refractivity contribution >= 4 is 23.4 Å². The number of aryl methyl sites for hydroxylation is 1. The van der Waals surface area contributed by atoms with Gasteiger partial charge in [0, 0.05) is 5.69 Å². The van der Waals surface area contributed by atoms with Crippen molar-refractivity contribution in [2.45, 2.75) is 17.3 Å². The molecule has 8 heteroatoms. The summed E-state index contributed by atoms with van der Waals surface area (Å²) in [4.78, 5) is 13.1. The average Bonchev–Trinajstić information content (AvgIpc) is 3.22. The molecule has 6 nitrogen and oxygen atoms in total. The van der Waals surface area contributed by atoms with Crippen molar-refractivity contribution < 1.29 is 9.18 Å². The Bertz CT molecular complexity index is 1150. The van der Waals surface area contributed by atoms with E-state index in [9.17, 15) is 9.18 Å². The lowest BCUT2D eigenvalue weighted by Gasteiger charge is -2.17. The van der Waals surface area contributed by atoms with E-state index in [1.165, 1.54) is 36.0 Å². The first-order chi connectivity index (χ1) is 14.6. The summed E-state index contributed by atoms with van der Waals surface area (Å²) in [7, 11) is 0. The second kappa shape index (κ2) is 8.87. The molecule has 0 aliphatic rings. The SMILES string of the molecule is Cc1ccccc1-n1nnnc1S[C@H](C(=O)Nc1ccc(F)cc1)c1ccccc1. The molecule has 0 aliphatic heterocycles. The number of carbonyl (C=O) groups is 1. The first kappa shape index (κ1) is 19.8. The van der Waals surface area contributed by atoms with Gasteiger partial charge in [-0.15, -0.1) is 5.10 Å². The monoisotopic (exact) mass is 419 g/mol. The molecule has 1 aromatic heterocycles. The Labute approximate surface area is 177 Å². The van der Waals surface area contributed by atoms with Gasteiger partial charge in [0.15, 0.2) is 0 Å². The molecule has 30 heavy (non-hydrogen) atoms. The molecule has 1 N–H and O–H groups in total. The maximum Gasteiger partial charge on any atom is 0.242 e. The first-order valence-corrected chi connectivity index (χ1v) is 10.1. The molecule has 4 rings (SSSR count). The standard InChI is InChI=1S/C22H18FN5OS/c1-15-7-5-6-10-19(15)28-22(25-26-27-28)30-20(16-8-3-2-4-9-16)21(29)24-18-13-11-17(23)12-14-18/h2-14,20H,1H3,(H,24,29)/t20-/m0/s1. The van der Waals surface area contributed by atoms with E-state index in [-0.39, 0.29) is 11.7 Å². The molecule has 0 fully saturated rings. The zero-order valence-corrected chi connectivity index (χ0v) is 16.9. The van der Waals surface area contributed by atoms with Crippen LogP contribution in [0.25, 0.3) is 5.69 Å². The summed E-state index contributed by atoms with van der Waals surface area (Å²) < 4.78 is 14.8. The van der Waals surface area contributed by atoms with Gasteiger partial charge in [0.25, 0.3) is 0 Å². The molecule has 0 spiro atoms. The summed E-state index contributed by atoms with van der Waals surface area (Å²) in [6.07, 6.45) is 0. The van der Waals surface area contributed by atoms with Crippen LogP contribution >= 0.6 is 11.8 Å². The van der Waals surface area contributed by atoms with Gasteiger partial charge >= 0.3 is 0 Å². The van der Waals surface area contributed by atoms with Crippen LogP contribution < -0.4 is 5.32 Å². The summed E-state index contributed by atoms with van der Waals surface area (Å²) in [6.45, 7) is 1.97. The predicted molar refractivity (Wildman–Crippen MR) is 114 cm³/mol. The van der Waals surface area contributed by atoms with Gasteiger partial charge in [-0.2, -0.15) is 4.68 Å². The molecule has 0 saturated carbocycles. The van der Waals surface area contributed by atoms with Crippen LogP contribution in [0.5, 0.6) is 0 Å². The zero-order valence-electron chi connectivity index (χ0n) is 16.1. The van der Waals surface area contributed by atoms with Gasteiger partial charge in [-0.1, -0.05) is 60.3 Å². The Hall–Kier alpha value is -3.52. The molecule has 4 aromatic rings. The number of hydrogen-bond acceptors (Lipinski definition) is 5. The van der Waals surface area contributed by atoms with Crippen molar-refractivity contribution in [3.63, 3.8) is 0 Å². The third-order valence-electron chi connectivity index (χ3n) is 4.46. The number of thioether (sulfide) groups is 1. The fourth-order valence-electron chi connectivity index (χ4n) is 2.95. The maximum atomic E-state index is 13.2. The summed E-state index contributed by atoms with van der Waals surface area (Å²) in [5.74, 6) is -0.614. The number of amides is 1. The van der Waals surface area contributed by atoms with E-state index < -0.39 is 5.25 Å². The van der Waals surface area contributed by atoms with Gasteiger partial charge in [-0.05, 0) is 58.8 Å². The summed E-state index contributed by atoms with van der Waals surface area (Å²) in [5.41, 5.74) is 3.18. The van der Waals surface area contributed by atoms with Crippen LogP contribution in [0.1, 0.15) is 16.4 Å². The maximum absolute atomic E-state index is 13.2. The van der Waals surface area contributed by atoms with Crippen molar-refractivity contribution in [3.05, 3.63) is 95.8 Å². The van der Waals surface area contributed by atoms with E-state index in [2.05, 4.69) is 20.8 Å². The second-order valence-electron chi connectivity index (χ2n) is 6.56. The molecule has 0 bridgehead atoms. The number of rotatable bonds is 6. The summed E-state index contributed by atoms with van der Waals surface area (Å²) in [5, 5.41) is 14.8. The minimum Gasteiger partial charge on any atom is -0.325 e. The van der Waals surface area contributed by atoms with Crippen molar-refractivity contribution in [3.8, 4) is 5.69 Å². The Balaban J connectivity index is 1.65. The number of aromatic nitrogens is 4. The van der Waals surface area contributed by atoms with Gasteiger partial charge < -0.3 is 5.32 Å². The number of anilines is 1. The van der Waals surface area contributed by atoms with Crippen LogP contribution in [0, 0.1) is 12.7 Å². The van der Waals surface area contributed by atoms with Gasteiger partial charge in [-0.25, -0.2) is 4.39 Å². The lowest BCUT2D eigenvalue weighted by Crippen LogP contribution is -2.19. The Morgan fingerprint density at radius 3 is 2.43 bits per heavy atom. The fraction of sp³-hybridized carbons (Fsp3) is 0.0909. The van der Waals surface area contributed by atoms with Crippen molar-refractivity contribution in [1.82, 2.24) is 20.2 Å². The number of benzene rings is 3. The minimum atomic E-state index is -0.606. The van der Waals surface area contributed by atoms with Gasteiger partial charge in [-0.3, -0.25) is 4.79 Å². The van der Waals surface area contributed by atoms with Gasteiger partial charge in [0.05, 0.1) is 5.69 Å². The average molecular weight is 419 g/mol. The van der Waals surface area contributed by atoms with E-state index in [4.69, 9.17) is 0 Å². The Kier molecular flexibility index (Phi) is 5.85. The van der Waals surface area contributed by atoms with E-state index in [1.54, 1.807) is 4.68 Å². The summed E-state index contributed by atoms with van der Waals surface area (Å²) >= 11 is 1.25. The number of hydrogen-bond donors (Lipinski definition) is 1. The number of nitrogens with one attached hydrogen (secondary N) is 1. The Morgan fingerprint density at radius 1 is 1.00 bits per heavy atom. The quantitative estimate of drug-likeness (QED) is 0.463. The highest BCUT2D eigenvalue weighted by Gasteiger charge is 2.25. The molecular formula is C22H18FN5OS. The molecule has 0 unspecified atom stereocenters. The number of carbonyl (C=O) groups excluding carboxylic acids is 1. The highest BCUT2D eigenvalue weighted by Crippen LogP contribution is 2.36. The van der Waals surface area contributed by atoms with Crippen LogP contribution in [-0.2, 0) is 4.79 Å². The smallest absolute Gasteiger partial charge is 0.242 e. The van der Waals surface area contributed by atoms with Crippen molar-refractivity contribution in [1.29, 1.82) is 0 Å². The highest BCUT2D eigenvalue weighted by molar-refractivity contribution is 8.00. The molecule has 150 valence electrons.